The van der Waals surface area contributed by atoms with Crippen LogP contribution in [0.15, 0.2) is 58.9 Å². The van der Waals surface area contributed by atoms with Gasteiger partial charge in [0.25, 0.3) is 5.91 Å². The number of nitrogens with zero attached hydrogens (tertiary/aromatic N) is 2. The minimum Gasteiger partial charge on any atom is -0.285 e. The lowest BCUT2D eigenvalue weighted by Crippen LogP contribution is -2.18. The Bertz CT molecular complexity index is 951. The third-order valence-corrected chi connectivity index (χ3v) is 4.92. The quantitative estimate of drug-likeness (QED) is 0.619. The molecule has 3 rings (SSSR count). The van der Waals surface area contributed by atoms with E-state index in [1.807, 2.05) is 60.2 Å². The molecule has 0 fully saturated rings. The molecule has 3 nitrogen and oxygen atoms in total. The van der Waals surface area contributed by atoms with Crippen LogP contribution in [-0.4, -0.2) is 10.5 Å². The first-order valence-electron chi connectivity index (χ1n) is 8.08. The van der Waals surface area contributed by atoms with Crippen molar-refractivity contribution in [2.45, 2.75) is 20.8 Å². The summed E-state index contributed by atoms with van der Waals surface area (Å²) < 4.78 is 2.02. The number of amides is 1. The molecule has 0 radical (unpaired) electrons. The number of carbonyl (C=O) groups is 1. The average Bonchev–Trinajstić information content (AvgIpc) is 2.99. The second kappa shape index (κ2) is 7.38. The Balaban J connectivity index is 2.23. The van der Waals surface area contributed by atoms with Crippen LogP contribution < -0.4 is 4.80 Å². The lowest BCUT2D eigenvalue weighted by atomic mass is 10.1. The fraction of sp³-hybridized carbons (Fsp3) is 0.200. The van der Waals surface area contributed by atoms with Crippen molar-refractivity contribution in [2.24, 2.45) is 10.9 Å². The van der Waals surface area contributed by atoms with Gasteiger partial charge in [-0.1, -0.05) is 55.3 Å². The van der Waals surface area contributed by atoms with E-state index in [9.17, 15) is 4.79 Å². The van der Waals surface area contributed by atoms with Gasteiger partial charge in [0, 0.05) is 22.0 Å². The van der Waals surface area contributed by atoms with Crippen molar-refractivity contribution >= 4 is 28.8 Å². The van der Waals surface area contributed by atoms with Gasteiger partial charge in [-0.05, 0) is 36.8 Å². The molecule has 0 atom stereocenters. The second-order valence-electron chi connectivity index (χ2n) is 6.19. The highest BCUT2D eigenvalue weighted by Gasteiger charge is 2.12. The van der Waals surface area contributed by atoms with Crippen molar-refractivity contribution in [3.05, 3.63) is 69.3 Å². The predicted molar refractivity (Wildman–Crippen MR) is 104 cm³/mol. The van der Waals surface area contributed by atoms with Crippen LogP contribution in [0, 0.1) is 12.8 Å². The van der Waals surface area contributed by atoms with Gasteiger partial charge in [-0.25, -0.2) is 0 Å². The summed E-state index contributed by atoms with van der Waals surface area (Å²) in [6.07, 6.45) is 0. The van der Waals surface area contributed by atoms with Crippen LogP contribution in [0.2, 0.25) is 5.02 Å². The number of halogens is 1. The van der Waals surface area contributed by atoms with Crippen molar-refractivity contribution in [1.29, 1.82) is 0 Å². The van der Waals surface area contributed by atoms with Gasteiger partial charge in [-0.15, -0.1) is 11.3 Å². The summed E-state index contributed by atoms with van der Waals surface area (Å²) in [4.78, 5) is 17.2. The molecule has 0 aliphatic carbocycles. The van der Waals surface area contributed by atoms with Crippen molar-refractivity contribution in [1.82, 2.24) is 4.57 Å². The van der Waals surface area contributed by atoms with Crippen molar-refractivity contribution in [3.63, 3.8) is 0 Å². The van der Waals surface area contributed by atoms with Crippen LogP contribution in [-0.2, 0) is 4.79 Å². The second-order valence-corrected chi connectivity index (χ2v) is 7.46. The van der Waals surface area contributed by atoms with Crippen LogP contribution in [0.5, 0.6) is 0 Å². The maximum Gasteiger partial charge on any atom is 0.250 e. The van der Waals surface area contributed by atoms with E-state index in [1.165, 1.54) is 16.9 Å². The van der Waals surface area contributed by atoms with E-state index in [-0.39, 0.29) is 11.8 Å². The Labute approximate surface area is 156 Å². The first-order valence-corrected chi connectivity index (χ1v) is 9.33. The SMILES string of the molecule is Cc1ccc(-n2c(-c3ccc(Cl)cc3)csc2=NC(=O)C(C)C)cc1. The molecule has 2 aromatic carbocycles. The van der Waals surface area contributed by atoms with E-state index in [2.05, 4.69) is 24.0 Å². The highest BCUT2D eigenvalue weighted by atomic mass is 35.5. The molecule has 0 aliphatic heterocycles. The first kappa shape index (κ1) is 17.6. The van der Waals surface area contributed by atoms with Gasteiger partial charge in [-0.3, -0.25) is 9.36 Å². The van der Waals surface area contributed by atoms with Gasteiger partial charge in [-0.2, -0.15) is 4.99 Å². The molecule has 0 saturated carbocycles. The monoisotopic (exact) mass is 370 g/mol. The number of carbonyl (C=O) groups excluding carboxylic acids is 1. The zero-order chi connectivity index (χ0) is 18.0. The van der Waals surface area contributed by atoms with Gasteiger partial charge in [0.2, 0.25) is 0 Å². The van der Waals surface area contributed by atoms with Gasteiger partial charge in [0.1, 0.15) is 0 Å². The molecule has 0 spiro atoms. The van der Waals surface area contributed by atoms with E-state index < -0.39 is 0 Å². The lowest BCUT2D eigenvalue weighted by Gasteiger charge is -2.10. The van der Waals surface area contributed by atoms with Crippen molar-refractivity contribution < 1.29 is 4.79 Å². The summed E-state index contributed by atoms with van der Waals surface area (Å²) >= 11 is 7.48. The number of rotatable bonds is 3. The van der Waals surface area contributed by atoms with Gasteiger partial charge < -0.3 is 0 Å². The Morgan fingerprint density at radius 1 is 1.08 bits per heavy atom. The van der Waals surface area contributed by atoms with Crippen LogP contribution in [0.3, 0.4) is 0 Å². The molecule has 1 aromatic heterocycles. The third kappa shape index (κ3) is 3.91. The minimum atomic E-state index is -0.132. The largest absolute Gasteiger partial charge is 0.285 e. The fourth-order valence-corrected chi connectivity index (χ4v) is 3.41. The van der Waals surface area contributed by atoms with Gasteiger partial charge >= 0.3 is 0 Å². The zero-order valence-corrected chi connectivity index (χ0v) is 15.9. The van der Waals surface area contributed by atoms with E-state index in [0.29, 0.717) is 9.82 Å². The van der Waals surface area contributed by atoms with Crippen LogP contribution in [0.4, 0.5) is 0 Å². The highest BCUT2D eigenvalue weighted by molar-refractivity contribution is 7.07. The van der Waals surface area contributed by atoms with Crippen LogP contribution in [0.25, 0.3) is 16.9 Å². The zero-order valence-electron chi connectivity index (χ0n) is 14.4. The average molecular weight is 371 g/mol. The molecule has 0 unspecified atom stereocenters. The molecule has 0 bridgehead atoms. The van der Waals surface area contributed by atoms with E-state index in [4.69, 9.17) is 11.6 Å². The number of benzene rings is 2. The lowest BCUT2D eigenvalue weighted by molar-refractivity contribution is -0.120. The summed E-state index contributed by atoms with van der Waals surface area (Å²) in [5.74, 6) is -0.252. The number of hydrogen-bond acceptors (Lipinski definition) is 2. The van der Waals surface area contributed by atoms with Crippen LogP contribution in [0.1, 0.15) is 19.4 Å². The summed E-state index contributed by atoms with van der Waals surface area (Å²) in [6.45, 7) is 5.77. The van der Waals surface area contributed by atoms with E-state index in [0.717, 1.165) is 16.9 Å². The molecule has 0 aliphatic rings. The molecule has 0 N–H and O–H groups in total. The van der Waals surface area contributed by atoms with Crippen molar-refractivity contribution in [2.75, 3.05) is 0 Å². The normalized spacial score (nSPS) is 12.0. The molecular formula is C20H19ClN2OS. The third-order valence-electron chi connectivity index (χ3n) is 3.84. The Hall–Kier alpha value is -2.17. The topological polar surface area (TPSA) is 34.4 Å². The number of thiazole rings is 1. The molecular weight excluding hydrogens is 352 g/mol. The van der Waals surface area contributed by atoms with Crippen LogP contribution >= 0.6 is 22.9 Å². The molecule has 3 aromatic rings. The molecule has 1 amide bonds. The Morgan fingerprint density at radius 3 is 2.32 bits per heavy atom. The molecule has 1 heterocycles. The van der Waals surface area contributed by atoms with E-state index >= 15 is 0 Å². The maximum atomic E-state index is 12.1. The van der Waals surface area contributed by atoms with Crippen molar-refractivity contribution in [3.8, 4) is 16.9 Å². The predicted octanol–water partition coefficient (Wildman–Crippen LogP) is 5.25. The maximum absolute atomic E-state index is 12.1. The smallest absolute Gasteiger partial charge is 0.250 e. The summed E-state index contributed by atoms with van der Waals surface area (Å²) in [7, 11) is 0. The summed E-state index contributed by atoms with van der Waals surface area (Å²) in [6, 6.07) is 15.9. The summed E-state index contributed by atoms with van der Waals surface area (Å²) in [5.41, 5.74) is 4.18. The van der Waals surface area contributed by atoms with Gasteiger partial charge in [0.15, 0.2) is 4.80 Å². The Kier molecular flexibility index (Phi) is 5.21. The minimum absolute atomic E-state index is 0.120. The fourth-order valence-electron chi connectivity index (χ4n) is 2.38. The van der Waals surface area contributed by atoms with E-state index in [1.54, 1.807) is 0 Å². The molecule has 128 valence electrons. The molecule has 5 heteroatoms. The standard InChI is InChI=1S/C20H19ClN2OS/c1-13(2)19(24)22-20-23(17-10-4-14(3)5-11-17)18(12-25-20)15-6-8-16(21)9-7-15/h4-13H,1-3H3. The van der Waals surface area contributed by atoms with Gasteiger partial charge in [0.05, 0.1) is 5.69 Å². The number of aryl methyl sites for hydroxylation is 1. The summed E-state index contributed by atoms with van der Waals surface area (Å²) in [5, 5.41) is 2.72. The molecule has 25 heavy (non-hydrogen) atoms. The molecule has 0 saturated heterocycles. The Morgan fingerprint density at radius 2 is 1.72 bits per heavy atom. The number of hydrogen-bond donors (Lipinski definition) is 0. The number of aromatic nitrogens is 1. The highest BCUT2D eigenvalue weighted by Crippen LogP contribution is 2.25. The first-order chi connectivity index (χ1) is 12.0.